The second kappa shape index (κ2) is 7.19. The lowest BCUT2D eigenvalue weighted by Crippen LogP contribution is -2.43. The lowest BCUT2D eigenvalue weighted by atomic mass is 9.98. The van der Waals surface area contributed by atoms with Crippen molar-refractivity contribution in [3.8, 4) is 0 Å². The van der Waals surface area contributed by atoms with E-state index in [1.54, 1.807) is 0 Å². The summed E-state index contributed by atoms with van der Waals surface area (Å²) in [5.41, 5.74) is 1.46. The van der Waals surface area contributed by atoms with Crippen LogP contribution in [-0.4, -0.2) is 31.3 Å². The number of nitrogens with one attached hydrogen (secondary N) is 1. The van der Waals surface area contributed by atoms with Crippen molar-refractivity contribution in [3.05, 3.63) is 29.8 Å². The highest BCUT2D eigenvalue weighted by atomic mass is 35.5. The van der Waals surface area contributed by atoms with E-state index in [-0.39, 0.29) is 24.8 Å². The van der Waals surface area contributed by atoms with Crippen LogP contribution < -0.4 is 10.2 Å². The van der Waals surface area contributed by atoms with Crippen LogP contribution >= 0.6 is 24.8 Å². The Labute approximate surface area is 121 Å². The molecule has 1 fully saturated rings. The molecule has 1 aromatic rings. The van der Waals surface area contributed by atoms with Crippen molar-refractivity contribution in [2.75, 3.05) is 31.1 Å². The van der Waals surface area contributed by atoms with Crippen LogP contribution in [-0.2, 0) is 5.60 Å². The Kier molecular flexibility index (Phi) is 7.00. The van der Waals surface area contributed by atoms with Crippen molar-refractivity contribution in [2.45, 2.75) is 19.4 Å². The molecule has 0 atom stereocenters. The molecule has 3 nitrogen and oxygen atoms in total. The Balaban J connectivity index is 0.00000144. The summed E-state index contributed by atoms with van der Waals surface area (Å²) in [6.07, 6.45) is 0. The van der Waals surface area contributed by atoms with E-state index in [1.165, 1.54) is 5.69 Å². The molecule has 1 heterocycles. The maximum absolute atomic E-state index is 9.87. The number of rotatable bonds is 2. The number of piperazine rings is 1. The molecule has 1 aromatic carbocycles. The molecule has 2 N–H and O–H groups in total. The van der Waals surface area contributed by atoms with Gasteiger partial charge in [-0.15, -0.1) is 24.8 Å². The number of halogens is 2. The van der Waals surface area contributed by atoms with Crippen LogP contribution in [0.4, 0.5) is 5.69 Å². The molecule has 1 aliphatic heterocycles. The Bertz CT molecular complexity index is 343. The molecule has 0 amide bonds. The summed E-state index contributed by atoms with van der Waals surface area (Å²) in [5.74, 6) is 0. The Morgan fingerprint density at radius 3 is 2.00 bits per heavy atom. The second-order valence-corrected chi connectivity index (χ2v) is 4.84. The van der Waals surface area contributed by atoms with Crippen molar-refractivity contribution in [1.82, 2.24) is 5.32 Å². The van der Waals surface area contributed by atoms with Gasteiger partial charge in [-0.05, 0) is 31.5 Å². The van der Waals surface area contributed by atoms with Gasteiger partial charge in [-0.2, -0.15) is 0 Å². The standard InChI is InChI=1S/C13H20N2O.2ClH/c1-13(2,16)11-3-5-12(6-4-11)15-9-7-14-8-10-15;;/h3-6,14,16H,7-10H2,1-2H3;2*1H. The third-order valence-electron chi connectivity index (χ3n) is 3.06. The van der Waals surface area contributed by atoms with E-state index in [0.29, 0.717) is 0 Å². The fraction of sp³-hybridized carbons (Fsp3) is 0.538. The molecule has 1 aliphatic rings. The summed E-state index contributed by atoms with van der Waals surface area (Å²) in [5, 5.41) is 13.2. The molecule has 5 heteroatoms. The summed E-state index contributed by atoms with van der Waals surface area (Å²) in [6, 6.07) is 8.21. The predicted octanol–water partition coefficient (Wildman–Crippen LogP) is 2.17. The van der Waals surface area contributed by atoms with E-state index >= 15 is 0 Å². The van der Waals surface area contributed by atoms with Gasteiger partial charge in [0.25, 0.3) is 0 Å². The molecule has 18 heavy (non-hydrogen) atoms. The zero-order valence-corrected chi connectivity index (χ0v) is 12.5. The molecular formula is C13H22Cl2N2O. The molecule has 104 valence electrons. The Morgan fingerprint density at radius 2 is 1.56 bits per heavy atom. The van der Waals surface area contributed by atoms with Gasteiger partial charge in [0.2, 0.25) is 0 Å². The van der Waals surface area contributed by atoms with E-state index in [4.69, 9.17) is 0 Å². The van der Waals surface area contributed by atoms with Gasteiger partial charge in [0.15, 0.2) is 0 Å². The van der Waals surface area contributed by atoms with E-state index in [9.17, 15) is 5.11 Å². The number of aliphatic hydroxyl groups is 1. The smallest absolute Gasteiger partial charge is 0.0840 e. The number of benzene rings is 1. The number of anilines is 1. The molecule has 0 spiro atoms. The highest BCUT2D eigenvalue weighted by molar-refractivity contribution is 5.85. The maximum Gasteiger partial charge on any atom is 0.0840 e. The van der Waals surface area contributed by atoms with Crippen molar-refractivity contribution in [2.24, 2.45) is 0 Å². The highest BCUT2D eigenvalue weighted by Crippen LogP contribution is 2.23. The number of hydrogen-bond acceptors (Lipinski definition) is 3. The van der Waals surface area contributed by atoms with Gasteiger partial charge in [-0.25, -0.2) is 0 Å². The lowest BCUT2D eigenvalue weighted by Gasteiger charge is -2.30. The van der Waals surface area contributed by atoms with E-state index in [0.717, 1.165) is 31.7 Å². The number of nitrogens with zero attached hydrogens (tertiary/aromatic N) is 1. The van der Waals surface area contributed by atoms with Crippen LogP contribution in [0.15, 0.2) is 24.3 Å². The van der Waals surface area contributed by atoms with E-state index in [2.05, 4.69) is 22.3 Å². The predicted molar refractivity (Wildman–Crippen MR) is 81.3 cm³/mol. The fourth-order valence-corrected chi connectivity index (χ4v) is 2.00. The molecule has 0 aromatic heterocycles. The monoisotopic (exact) mass is 292 g/mol. The molecular weight excluding hydrogens is 271 g/mol. The SMILES string of the molecule is CC(C)(O)c1ccc(N2CCNCC2)cc1.Cl.Cl. The van der Waals surface area contributed by atoms with Crippen LogP contribution in [0.3, 0.4) is 0 Å². The molecule has 0 saturated carbocycles. The molecule has 0 unspecified atom stereocenters. The topological polar surface area (TPSA) is 35.5 Å². The van der Waals surface area contributed by atoms with Crippen molar-refractivity contribution in [1.29, 1.82) is 0 Å². The van der Waals surface area contributed by atoms with Gasteiger partial charge in [0.05, 0.1) is 5.60 Å². The minimum Gasteiger partial charge on any atom is -0.386 e. The van der Waals surface area contributed by atoms with Crippen LogP contribution in [0.25, 0.3) is 0 Å². The lowest BCUT2D eigenvalue weighted by molar-refractivity contribution is 0.0786. The van der Waals surface area contributed by atoms with Crippen molar-refractivity contribution >= 4 is 30.5 Å². The molecule has 0 aliphatic carbocycles. The molecule has 0 radical (unpaired) electrons. The Morgan fingerprint density at radius 1 is 1.06 bits per heavy atom. The average Bonchev–Trinajstić information content (AvgIpc) is 2.29. The maximum atomic E-state index is 9.87. The first kappa shape index (κ1) is 17.5. The minimum atomic E-state index is -0.748. The minimum absolute atomic E-state index is 0. The molecule has 2 rings (SSSR count). The van der Waals surface area contributed by atoms with Gasteiger partial charge < -0.3 is 15.3 Å². The van der Waals surface area contributed by atoms with Gasteiger partial charge >= 0.3 is 0 Å². The Hall–Kier alpha value is -0.480. The third-order valence-corrected chi connectivity index (χ3v) is 3.06. The largest absolute Gasteiger partial charge is 0.386 e. The van der Waals surface area contributed by atoms with E-state index in [1.807, 2.05) is 26.0 Å². The normalized spacial score (nSPS) is 15.6. The van der Waals surface area contributed by atoms with Crippen LogP contribution in [0.1, 0.15) is 19.4 Å². The second-order valence-electron chi connectivity index (χ2n) is 4.84. The first-order valence-corrected chi connectivity index (χ1v) is 5.86. The first-order valence-electron chi connectivity index (χ1n) is 5.86. The summed E-state index contributed by atoms with van der Waals surface area (Å²) in [7, 11) is 0. The van der Waals surface area contributed by atoms with Gasteiger partial charge in [-0.1, -0.05) is 12.1 Å². The van der Waals surface area contributed by atoms with Gasteiger partial charge in [0.1, 0.15) is 0 Å². The van der Waals surface area contributed by atoms with Gasteiger partial charge in [-0.3, -0.25) is 0 Å². The average molecular weight is 293 g/mol. The van der Waals surface area contributed by atoms with E-state index < -0.39 is 5.60 Å². The summed E-state index contributed by atoms with van der Waals surface area (Å²) < 4.78 is 0. The summed E-state index contributed by atoms with van der Waals surface area (Å²) >= 11 is 0. The zero-order chi connectivity index (χ0) is 11.6. The highest BCUT2D eigenvalue weighted by Gasteiger charge is 2.16. The van der Waals surface area contributed by atoms with Crippen molar-refractivity contribution < 1.29 is 5.11 Å². The fourth-order valence-electron chi connectivity index (χ4n) is 2.00. The summed E-state index contributed by atoms with van der Waals surface area (Å²) in [6.45, 7) is 7.84. The van der Waals surface area contributed by atoms with Crippen LogP contribution in [0.5, 0.6) is 0 Å². The molecule has 0 bridgehead atoms. The summed E-state index contributed by atoms with van der Waals surface area (Å²) in [4.78, 5) is 2.37. The third kappa shape index (κ3) is 4.32. The quantitative estimate of drug-likeness (QED) is 0.877. The zero-order valence-electron chi connectivity index (χ0n) is 10.8. The number of hydrogen-bond donors (Lipinski definition) is 2. The van der Waals surface area contributed by atoms with Crippen LogP contribution in [0.2, 0.25) is 0 Å². The van der Waals surface area contributed by atoms with Crippen molar-refractivity contribution in [3.63, 3.8) is 0 Å². The first-order chi connectivity index (χ1) is 7.57. The molecule has 1 saturated heterocycles. The van der Waals surface area contributed by atoms with Crippen LogP contribution in [0, 0.1) is 0 Å². The van der Waals surface area contributed by atoms with Gasteiger partial charge in [0, 0.05) is 31.9 Å².